The Morgan fingerprint density at radius 1 is 0.821 bits per heavy atom. The van der Waals surface area contributed by atoms with Crippen LogP contribution in [-0.2, 0) is 0 Å². The molecule has 5 aromatic rings. The van der Waals surface area contributed by atoms with E-state index in [1.807, 2.05) is 43.6 Å². The molecule has 0 aliphatic rings. The number of hydrogen-bond donors (Lipinski definition) is 1. The molecule has 0 saturated heterocycles. The number of aryl methyl sites for hydroxylation is 2. The molecule has 28 heavy (non-hydrogen) atoms. The van der Waals surface area contributed by atoms with Crippen LogP contribution in [0.25, 0.3) is 27.5 Å². The third kappa shape index (κ3) is 2.68. The molecule has 0 saturated carbocycles. The minimum atomic E-state index is 0.749. The highest BCUT2D eigenvalue weighted by Crippen LogP contribution is 2.28. The lowest BCUT2D eigenvalue weighted by molar-refractivity contribution is 1.01. The number of imidazole rings is 1. The zero-order valence-corrected chi connectivity index (χ0v) is 15.7. The van der Waals surface area contributed by atoms with Crippen LogP contribution >= 0.6 is 0 Å². The molecule has 0 atom stereocenters. The van der Waals surface area contributed by atoms with Gasteiger partial charge in [-0.15, -0.1) is 5.10 Å². The first-order valence-electron chi connectivity index (χ1n) is 9.23. The lowest BCUT2D eigenvalue weighted by Crippen LogP contribution is -1.99. The van der Waals surface area contributed by atoms with E-state index in [2.05, 4.69) is 68.4 Å². The average molecular weight is 365 g/mol. The maximum atomic E-state index is 4.60. The predicted octanol–water partition coefficient (Wildman–Crippen LogP) is 5.33. The van der Waals surface area contributed by atoms with Crippen molar-refractivity contribution in [1.29, 1.82) is 0 Å². The summed E-state index contributed by atoms with van der Waals surface area (Å²) in [6, 6.07) is 22.7. The summed E-state index contributed by atoms with van der Waals surface area (Å²) in [5.74, 6) is 0.749. The fourth-order valence-corrected chi connectivity index (χ4v) is 3.58. The van der Waals surface area contributed by atoms with Gasteiger partial charge in [0.2, 0.25) is 0 Å². The average Bonchev–Trinajstić information content (AvgIpc) is 3.14. The van der Waals surface area contributed by atoms with E-state index in [4.69, 9.17) is 0 Å². The summed E-state index contributed by atoms with van der Waals surface area (Å²) in [6.45, 7) is 4.08. The van der Waals surface area contributed by atoms with Crippen LogP contribution in [-0.4, -0.2) is 19.7 Å². The van der Waals surface area contributed by atoms with Crippen molar-refractivity contribution in [2.75, 3.05) is 5.32 Å². The molecular formula is C23H19N5. The Morgan fingerprint density at radius 3 is 2.46 bits per heavy atom. The minimum absolute atomic E-state index is 0.749. The number of para-hydroxylation sites is 1. The van der Waals surface area contributed by atoms with Gasteiger partial charge in [-0.3, -0.25) is 4.57 Å². The number of rotatable bonds is 3. The summed E-state index contributed by atoms with van der Waals surface area (Å²) in [5.41, 5.74) is 6.21. The molecule has 2 aromatic heterocycles. The summed E-state index contributed by atoms with van der Waals surface area (Å²) in [7, 11) is 0. The molecule has 3 aromatic carbocycles. The zero-order chi connectivity index (χ0) is 19.1. The van der Waals surface area contributed by atoms with Crippen LogP contribution in [0, 0.1) is 13.8 Å². The lowest BCUT2D eigenvalue weighted by Gasteiger charge is -2.10. The van der Waals surface area contributed by atoms with Gasteiger partial charge in [-0.05, 0) is 43.7 Å². The van der Waals surface area contributed by atoms with E-state index < -0.39 is 0 Å². The molecule has 0 bridgehead atoms. The highest BCUT2D eigenvalue weighted by Gasteiger charge is 2.10. The van der Waals surface area contributed by atoms with Gasteiger partial charge in [-0.25, -0.2) is 4.98 Å². The van der Waals surface area contributed by atoms with Crippen molar-refractivity contribution in [2.45, 2.75) is 13.8 Å². The van der Waals surface area contributed by atoms with Crippen LogP contribution in [0.15, 0.2) is 73.1 Å². The summed E-state index contributed by atoms with van der Waals surface area (Å²) in [4.78, 5) is 4.60. The van der Waals surface area contributed by atoms with Crippen LogP contribution in [0.1, 0.15) is 11.3 Å². The Balaban J connectivity index is 1.56. The first-order valence-corrected chi connectivity index (χ1v) is 9.23. The number of nitrogens with one attached hydrogen (secondary N) is 1. The largest absolute Gasteiger partial charge is 0.338 e. The molecule has 0 radical (unpaired) electrons. The van der Waals surface area contributed by atoms with Crippen molar-refractivity contribution >= 4 is 33.3 Å². The molecular weight excluding hydrogens is 346 g/mol. The number of hydrogen-bond acceptors (Lipinski definition) is 4. The first kappa shape index (κ1) is 16.4. The molecule has 0 aliphatic heterocycles. The Hall–Kier alpha value is -3.73. The molecule has 0 spiro atoms. The fraction of sp³-hybridized carbons (Fsp3) is 0.0870. The van der Waals surface area contributed by atoms with Gasteiger partial charge in [0, 0.05) is 16.5 Å². The van der Waals surface area contributed by atoms with E-state index >= 15 is 0 Å². The van der Waals surface area contributed by atoms with E-state index in [0.717, 1.165) is 44.7 Å². The van der Waals surface area contributed by atoms with Gasteiger partial charge in [0.05, 0.1) is 22.4 Å². The summed E-state index contributed by atoms with van der Waals surface area (Å²) >= 11 is 0. The van der Waals surface area contributed by atoms with Crippen LogP contribution < -0.4 is 5.32 Å². The van der Waals surface area contributed by atoms with Gasteiger partial charge in [-0.2, -0.15) is 5.10 Å². The maximum Gasteiger partial charge on any atom is 0.160 e. The summed E-state index contributed by atoms with van der Waals surface area (Å²) in [5, 5.41) is 14.2. The summed E-state index contributed by atoms with van der Waals surface area (Å²) in [6.07, 6.45) is 1.87. The molecule has 0 aliphatic carbocycles. The first-order chi connectivity index (χ1) is 13.7. The van der Waals surface area contributed by atoms with E-state index in [-0.39, 0.29) is 0 Å². The third-order valence-corrected chi connectivity index (χ3v) is 5.06. The monoisotopic (exact) mass is 365 g/mol. The molecule has 0 fully saturated rings. The van der Waals surface area contributed by atoms with Crippen molar-refractivity contribution in [1.82, 2.24) is 19.7 Å². The Morgan fingerprint density at radius 2 is 1.61 bits per heavy atom. The molecule has 5 heteroatoms. The number of nitrogens with zero attached hydrogens (tertiary/aromatic N) is 4. The number of benzene rings is 3. The summed E-state index contributed by atoms with van der Waals surface area (Å²) < 4.78 is 2.12. The quantitative estimate of drug-likeness (QED) is 0.469. The van der Waals surface area contributed by atoms with Gasteiger partial charge in [0.15, 0.2) is 5.82 Å². The lowest BCUT2D eigenvalue weighted by atomic mass is 10.1. The van der Waals surface area contributed by atoms with Crippen LogP contribution in [0.5, 0.6) is 0 Å². The van der Waals surface area contributed by atoms with Gasteiger partial charge in [0.1, 0.15) is 6.33 Å². The van der Waals surface area contributed by atoms with Gasteiger partial charge >= 0.3 is 0 Å². The third-order valence-electron chi connectivity index (χ3n) is 5.06. The van der Waals surface area contributed by atoms with Crippen molar-refractivity contribution < 1.29 is 0 Å². The molecule has 5 nitrogen and oxygen atoms in total. The molecule has 1 N–H and O–H groups in total. The molecule has 0 amide bonds. The SMILES string of the molecule is Cc1ccccc1-n1cnc2cc(Nc3nnc(C)c4ccccc34)ccc21. The zero-order valence-electron chi connectivity index (χ0n) is 15.7. The van der Waals surface area contributed by atoms with E-state index in [1.54, 1.807) is 0 Å². The standard InChI is InChI=1S/C23H19N5/c1-15-7-3-6-10-21(15)28-14-24-20-13-17(11-12-22(20)28)25-23-19-9-5-4-8-18(19)16(2)26-27-23/h3-14H,1-2H3,(H,25,27). The fourth-order valence-electron chi connectivity index (χ4n) is 3.58. The van der Waals surface area contributed by atoms with E-state index in [1.165, 1.54) is 5.56 Å². The maximum absolute atomic E-state index is 4.60. The molecule has 136 valence electrons. The minimum Gasteiger partial charge on any atom is -0.338 e. The molecule has 0 unspecified atom stereocenters. The number of fused-ring (bicyclic) bond motifs is 2. The highest BCUT2D eigenvalue weighted by atomic mass is 15.2. The van der Waals surface area contributed by atoms with Crippen LogP contribution in [0.3, 0.4) is 0 Å². The number of aromatic nitrogens is 4. The molecule has 2 heterocycles. The van der Waals surface area contributed by atoms with Crippen molar-refractivity contribution in [3.63, 3.8) is 0 Å². The smallest absolute Gasteiger partial charge is 0.160 e. The Bertz CT molecular complexity index is 1320. The van der Waals surface area contributed by atoms with E-state index in [9.17, 15) is 0 Å². The Kier molecular flexibility index (Phi) is 3.79. The van der Waals surface area contributed by atoms with Crippen molar-refractivity contribution in [3.8, 4) is 5.69 Å². The van der Waals surface area contributed by atoms with Gasteiger partial charge < -0.3 is 5.32 Å². The van der Waals surface area contributed by atoms with Gasteiger partial charge in [-0.1, -0.05) is 42.5 Å². The second-order valence-electron chi connectivity index (χ2n) is 6.91. The second kappa shape index (κ2) is 6.46. The van der Waals surface area contributed by atoms with Crippen molar-refractivity contribution in [2.24, 2.45) is 0 Å². The second-order valence-corrected chi connectivity index (χ2v) is 6.91. The number of anilines is 2. The van der Waals surface area contributed by atoms with Gasteiger partial charge in [0.25, 0.3) is 0 Å². The van der Waals surface area contributed by atoms with Crippen LogP contribution in [0.4, 0.5) is 11.5 Å². The molecule has 5 rings (SSSR count). The van der Waals surface area contributed by atoms with Crippen LogP contribution in [0.2, 0.25) is 0 Å². The highest BCUT2D eigenvalue weighted by molar-refractivity contribution is 5.94. The topological polar surface area (TPSA) is 55.6 Å². The predicted molar refractivity (Wildman–Crippen MR) is 113 cm³/mol. The normalized spacial score (nSPS) is 11.2. The van der Waals surface area contributed by atoms with E-state index in [0.29, 0.717) is 0 Å². The van der Waals surface area contributed by atoms with Crippen molar-refractivity contribution in [3.05, 3.63) is 84.3 Å². The Labute approximate surface area is 162 Å².